The van der Waals surface area contributed by atoms with Gasteiger partial charge in [0.05, 0.1) is 5.69 Å². The molecule has 0 aliphatic heterocycles. The van der Waals surface area contributed by atoms with E-state index >= 15 is 0 Å². The summed E-state index contributed by atoms with van der Waals surface area (Å²) >= 11 is 11.4. The van der Waals surface area contributed by atoms with E-state index in [9.17, 15) is 4.79 Å². The maximum atomic E-state index is 12.1. The number of pyridine rings is 1. The number of carbonyl (C=O) groups is 1. The molecule has 6 nitrogen and oxygen atoms in total. The van der Waals surface area contributed by atoms with E-state index in [1.165, 1.54) is 6.08 Å². The molecule has 1 aromatic carbocycles. The molecule has 0 radical (unpaired) electrons. The smallest absolute Gasteiger partial charge is 0.262 e. The van der Waals surface area contributed by atoms with Crippen LogP contribution in [0.5, 0.6) is 0 Å². The number of hydrogen-bond donors (Lipinski definition) is 3. The van der Waals surface area contributed by atoms with Crippen LogP contribution in [0.1, 0.15) is 23.7 Å². The van der Waals surface area contributed by atoms with Crippen molar-refractivity contribution >= 4 is 52.2 Å². The van der Waals surface area contributed by atoms with E-state index in [1.54, 1.807) is 10.5 Å². The van der Waals surface area contributed by atoms with Crippen molar-refractivity contribution in [1.82, 2.24) is 20.2 Å². The molecule has 0 spiro atoms. The maximum Gasteiger partial charge on any atom is 0.262 e. The van der Waals surface area contributed by atoms with Gasteiger partial charge in [-0.1, -0.05) is 42.8 Å². The second kappa shape index (κ2) is 8.86. The number of benzene rings is 1. The van der Waals surface area contributed by atoms with Crippen molar-refractivity contribution in [3.05, 3.63) is 70.6 Å². The zero-order chi connectivity index (χ0) is 20.1. The fraction of sp³-hybridized carbons (Fsp3) is 0.150. The maximum absolute atomic E-state index is 12.1. The summed E-state index contributed by atoms with van der Waals surface area (Å²) in [7, 11) is 0. The molecule has 0 aliphatic carbocycles. The fourth-order valence-corrected chi connectivity index (χ4v) is 3.19. The molecule has 3 N–H and O–H groups in total. The standard InChI is InChI=1S/C20H20ClN5OS/c1-3-14-8-6-7-13(2)18(14)23-20(28)25-24-17(27)11-10-15-19(21)22-16-9-4-5-12-26(15)16/h4-12H,3H2,1-2H3,(H,24,27)(H2,23,25,28)/b11-10+. The number of para-hydroxylation sites is 1. The molecule has 144 valence electrons. The van der Waals surface area contributed by atoms with Crippen LogP contribution in [0.4, 0.5) is 5.69 Å². The summed E-state index contributed by atoms with van der Waals surface area (Å²) in [6, 6.07) is 11.6. The van der Waals surface area contributed by atoms with Crippen molar-refractivity contribution in [1.29, 1.82) is 0 Å². The van der Waals surface area contributed by atoms with E-state index in [0.717, 1.165) is 23.2 Å². The van der Waals surface area contributed by atoms with Crippen LogP contribution in [0.2, 0.25) is 5.15 Å². The molecule has 3 rings (SSSR count). The van der Waals surface area contributed by atoms with Crippen molar-refractivity contribution in [3.8, 4) is 0 Å². The third kappa shape index (κ3) is 4.49. The highest BCUT2D eigenvalue weighted by Gasteiger charge is 2.08. The molecule has 0 bridgehead atoms. The molecule has 0 fully saturated rings. The zero-order valence-electron chi connectivity index (χ0n) is 15.5. The van der Waals surface area contributed by atoms with Gasteiger partial charge in [0, 0.05) is 18.0 Å². The second-order valence-electron chi connectivity index (χ2n) is 6.08. The van der Waals surface area contributed by atoms with Gasteiger partial charge in [-0.05, 0) is 54.9 Å². The highest BCUT2D eigenvalue weighted by atomic mass is 35.5. The Morgan fingerprint density at radius 2 is 2.07 bits per heavy atom. The number of hydrogen-bond acceptors (Lipinski definition) is 3. The summed E-state index contributed by atoms with van der Waals surface area (Å²) in [6.45, 7) is 4.08. The molecule has 0 saturated carbocycles. The number of halogens is 1. The molecule has 0 saturated heterocycles. The molecule has 0 unspecified atom stereocenters. The van der Waals surface area contributed by atoms with Gasteiger partial charge in [-0.3, -0.25) is 20.0 Å². The summed E-state index contributed by atoms with van der Waals surface area (Å²) in [5.74, 6) is -0.369. The number of nitrogens with one attached hydrogen (secondary N) is 3. The first-order valence-corrected chi connectivity index (χ1v) is 9.54. The third-order valence-corrected chi connectivity index (χ3v) is 4.67. The summed E-state index contributed by atoms with van der Waals surface area (Å²) in [5, 5.41) is 3.76. The number of aromatic nitrogens is 2. The highest BCUT2D eigenvalue weighted by Crippen LogP contribution is 2.21. The molecular formula is C20H20ClN5OS. The minimum absolute atomic E-state index is 0.304. The minimum atomic E-state index is -0.369. The van der Waals surface area contributed by atoms with Crippen LogP contribution >= 0.6 is 23.8 Å². The first-order valence-electron chi connectivity index (χ1n) is 8.75. The van der Waals surface area contributed by atoms with Gasteiger partial charge in [0.2, 0.25) is 0 Å². The number of amides is 1. The molecular weight excluding hydrogens is 394 g/mol. The first kappa shape index (κ1) is 19.9. The number of anilines is 1. The predicted molar refractivity (Wildman–Crippen MR) is 117 cm³/mol. The molecule has 3 aromatic rings. The highest BCUT2D eigenvalue weighted by molar-refractivity contribution is 7.80. The molecule has 0 atom stereocenters. The Morgan fingerprint density at radius 1 is 1.25 bits per heavy atom. The van der Waals surface area contributed by atoms with Gasteiger partial charge in [-0.2, -0.15) is 0 Å². The van der Waals surface area contributed by atoms with E-state index < -0.39 is 0 Å². The number of aryl methyl sites for hydroxylation is 2. The minimum Gasteiger partial charge on any atom is -0.331 e. The summed E-state index contributed by atoms with van der Waals surface area (Å²) in [5.41, 5.74) is 9.76. The van der Waals surface area contributed by atoms with Crippen molar-refractivity contribution in [3.63, 3.8) is 0 Å². The summed E-state index contributed by atoms with van der Waals surface area (Å²) in [4.78, 5) is 16.3. The van der Waals surface area contributed by atoms with Gasteiger partial charge in [0.1, 0.15) is 5.65 Å². The number of imidazole rings is 1. The van der Waals surface area contributed by atoms with Crippen LogP contribution in [-0.4, -0.2) is 20.4 Å². The lowest BCUT2D eigenvalue weighted by Crippen LogP contribution is -2.43. The average Bonchev–Trinajstić information content (AvgIpc) is 3.01. The lowest BCUT2D eigenvalue weighted by Gasteiger charge is -2.15. The Labute approximate surface area is 173 Å². The van der Waals surface area contributed by atoms with E-state index in [2.05, 4.69) is 28.1 Å². The van der Waals surface area contributed by atoms with Crippen molar-refractivity contribution in [2.75, 3.05) is 5.32 Å². The number of rotatable bonds is 4. The van der Waals surface area contributed by atoms with Gasteiger partial charge in [0.15, 0.2) is 10.3 Å². The number of hydrazine groups is 1. The summed E-state index contributed by atoms with van der Waals surface area (Å²) in [6.07, 6.45) is 5.67. The summed E-state index contributed by atoms with van der Waals surface area (Å²) < 4.78 is 1.80. The second-order valence-corrected chi connectivity index (χ2v) is 6.85. The van der Waals surface area contributed by atoms with Crippen molar-refractivity contribution in [2.24, 2.45) is 0 Å². The number of carbonyl (C=O) groups excluding carboxylic acids is 1. The van der Waals surface area contributed by atoms with Crippen LogP contribution in [0.15, 0.2) is 48.7 Å². The molecule has 8 heteroatoms. The normalized spacial score (nSPS) is 11.0. The van der Waals surface area contributed by atoms with Crippen LogP contribution in [0.3, 0.4) is 0 Å². The van der Waals surface area contributed by atoms with Gasteiger partial charge in [-0.25, -0.2) is 4.98 Å². The Morgan fingerprint density at radius 3 is 2.86 bits per heavy atom. The third-order valence-electron chi connectivity index (χ3n) is 4.19. The first-order chi connectivity index (χ1) is 13.5. The van der Waals surface area contributed by atoms with Crippen LogP contribution < -0.4 is 16.2 Å². The van der Waals surface area contributed by atoms with Gasteiger partial charge < -0.3 is 5.32 Å². The number of fused-ring (bicyclic) bond motifs is 1. The van der Waals surface area contributed by atoms with Gasteiger partial charge in [0.25, 0.3) is 5.91 Å². The zero-order valence-corrected chi connectivity index (χ0v) is 17.1. The molecule has 2 aromatic heterocycles. The Bertz CT molecular complexity index is 1060. The van der Waals surface area contributed by atoms with Crippen LogP contribution in [-0.2, 0) is 11.2 Å². The van der Waals surface area contributed by atoms with Gasteiger partial charge in [-0.15, -0.1) is 0 Å². The monoisotopic (exact) mass is 413 g/mol. The molecule has 28 heavy (non-hydrogen) atoms. The lowest BCUT2D eigenvalue weighted by molar-refractivity contribution is -0.116. The van der Waals surface area contributed by atoms with Crippen LogP contribution in [0, 0.1) is 6.92 Å². The SMILES string of the molecule is CCc1cccc(C)c1NC(=S)NNC(=O)/C=C/c1c(Cl)nc2ccccn12. The van der Waals surface area contributed by atoms with Crippen molar-refractivity contribution < 1.29 is 4.79 Å². The Balaban J connectivity index is 1.60. The van der Waals surface area contributed by atoms with E-state index in [1.807, 2.05) is 49.5 Å². The number of nitrogens with zero attached hydrogens (tertiary/aromatic N) is 2. The van der Waals surface area contributed by atoms with E-state index in [0.29, 0.717) is 21.6 Å². The van der Waals surface area contributed by atoms with Gasteiger partial charge >= 0.3 is 0 Å². The van der Waals surface area contributed by atoms with Crippen molar-refractivity contribution in [2.45, 2.75) is 20.3 Å². The van der Waals surface area contributed by atoms with Crippen LogP contribution in [0.25, 0.3) is 11.7 Å². The topological polar surface area (TPSA) is 70.5 Å². The molecule has 1 amide bonds. The fourth-order valence-electron chi connectivity index (χ4n) is 2.80. The quantitative estimate of drug-likeness (QED) is 0.344. The molecule has 0 aliphatic rings. The van der Waals surface area contributed by atoms with E-state index in [-0.39, 0.29) is 5.91 Å². The Hall–Kier alpha value is -2.90. The largest absolute Gasteiger partial charge is 0.331 e. The molecule has 2 heterocycles. The predicted octanol–water partition coefficient (Wildman–Crippen LogP) is 3.89. The van der Waals surface area contributed by atoms with E-state index in [4.69, 9.17) is 23.8 Å². The number of thiocarbonyl (C=S) groups is 1. The lowest BCUT2D eigenvalue weighted by atomic mass is 10.1. The average molecular weight is 414 g/mol. The Kier molecular flexibility index (Phi) is 6.28.